The van der Waals surface area contributed by atoms with E-state index in [-0.39, 0.29) is 36.4 Å². The van der Waals surface area contributed by atoms with E-state index in [1.165, 1.54) is 12.1 Å². The highest BCUT2D eigenvalue weighted by atomic mass is 127. The van der Waals surface area contributed by atoms with Gasteiger partial charge in [-0.05, 0) is 18.1 Å². The molecule has 1 aromatic heterocycles. The molecule has 0 unspecified atom stereocenters. The number of hydrogen-bond donors (Lipinski definition) is 1. The molecule has 1 N–H and O–H groups in total. The van der Waals surface area contributed by atoms with Crippen LogP contribution in [-0.2, 0) is 18.3 Å². The molecule has 1 aliphatic rings. The zero-order chi connectivity index (χ0) is 19.4. The van der Waals surface area contributed by atoms with E-state index >= 15 is 0 Å². The largest absolute Gasteiger partial charge is 0.356 e. The molecular weight excluding hydrogens is 481 g/mol. The number of aliphatic imine (C=N–C) groups is 1. The second kappa shape index (κ2) is 9.80. The Morgan fingerprint density at radius 2 is 2.11 bits per heavy atom. The minimum Gasteiger partial charge on any atom is -0.356 e. The van der Waals surface area contributed by atoms with Crippen molar-refractivity contribution < 1.29 is 13.6 Å². The van der Waals surface area contributed by atoms with Crippen LogP contribution in [0, 0.1) is 11.6 Å². The first-order valence-corrected chi connectivity index (χ1v) is 8.66. The molecule has 0 atom stereocenters. The molecule has 1 aromatic carbocycles. The van der Waals surface area contributed by atoms with Crippen LogP contribution in [0.15, 0.2) is 35.6 Å². The van der Waals surface area contributed by atoms with E-state index in [9.17, 15) is 13.6 Å². The minimum absolute atomic E-state index is 0. The van der Waals surface area contributed by atoms with Crippen molar-refractivity contribution in [1.82, 2.24) is 20.0 Å². The van der Waals surface area contributed by atoms with Crippen LogP contribution in [0.4, 0.5) is 14.5 Å². The quantitative estimate of drug-likeness (QED) is 0.392. The van der Waals surface area contributed by atoms with Crippen molar-refractivity contribution in [3.05, 3.63) is 47.8 Å². The lowest BCUT2D eigenvalue weighted by Gasteiger charge is -2.35. The van der Waals surface area contributed by atoms with E-state index in [0.29, 0.717) is 37.6 Å². The topological polar surface area (TPSA) is 65.8 Å². The molecule has 0 radical (unpaired) electrons. The molecule has 0 bridgehead atoms. The van der Waals surface area contributed by atoms with Gasteiger partial charge in [-0.2, -0.15) is 5.10 Å². The van der Waals surface area contributed by atoms with Crippen molar-refractivity contribution in [3.63, 3.8) is 0 Å². The predicted octanol–water partition coefficient (Wildman–Crippen LogP) is 1.78. The van der Waals surface area contributed by atoms with Crippen LogP contribution in [-0.4, -0.2) is 59.8 Å². The number of halogens is 3. The van der Waals surface area contributed by atoms with Crippen LogP contribution in [0.2, 0.25) is 0 Å². The van der Waals surface area contributed by atoms with Crippen molar-refractivity contribution in [1.29, 1.82) is 0 Å². The molecule has 1 aliphatic heterocycles. The van der Waals surface area contributed by atoms with E-state index < -0.39 is 11.6 Å². The van der Waals surface area contributed by atoms with Crippen molar-refractivity contribution in [3.8, 4) is 0 Å². The molecule has 0 spiro atoms. The van der Waals surface area contributed by atoms with Gasteiger partial charge in [0, 0.05) is 46.0 Å². The van der Waals surface area contributed by atoms with Gasteiger partial charge in [0.15, 0.2) is 5.96 Å². The number of carbonyl (C=O) groups excluding carboxylic acids is 1. The summed E-state index contributed by atoms with van der Waals surface area (Å²) >= 11 is 0. The molecule has 152 valence electrons. The molecule has 1 saturated heterocycles. The lowest BCUT2D eigenvalue weighted by atomic mass is 10.1. The van der Waals surface area contributed by atoms with Gasteiger partial charge in [-0.3, -0.25) is 14.5 Å². The molecule has 3 rings (SSSR count). The Balaban J connectivity index is 0.00000280. The number of nitrogens with zero attached hydrogens (tertiary/aromatic N) is 5. The lowest BCUT2D eigenvalue weighted by molar-refractivity contribution is -0.120. The summed E-state index contributed by atoms with van der Waals surface area (Å²) in [7, 11) is 3.44. The average molecular weight is 504 g/mol. The second-order valence-corrected chi connectivity index (χ2v) is 6.30. The zero-order valence-electron chi connectivity index (χ0n) is 15.7. The summed E-state index contributed by atoms with van der Waals surface area (Å²) in [4.78, 5) is 20.2. The number of hydrogen-bond acceptors (Lipinski definition) is 3. The van der Waals surface area contributed by atoms with E-state index in [1.54, 1.807) is 36.1 Å². The van der Waals surface area contributed by atoms with Gasteiger partial charge in [-0.25, -0.2) is 8.78 Å². The number of guanidine groups is 1. The third-order valence-electron chi connectivity index (χ3n) is 4.43. The maximum Gasteiger partial charge on any atom is 0.246 e. The maximum atomic E-state index is 13.7. The fourth-order valence-corrected chi connectivity index (χ4v) is 3.04. The van der Waals surface area contributed by atoms with Gasteiger partial charge in [0.1, 0.15) is 18.2 Å². The third kappa shape index (κ3) is 5.18. The molecule has 0 aliphatic carbocycles. The van der Waals surface area contributed by atoms with Gasteiger partial charge in [-0.15, -0.1) is 24.0 Å². The number of benzene rings is 1. The van der Waals surface area contributed by atoms with Gasteiger partial charge in [0.05, 0.1) is 11.9 Å². The first-order chi connectivity index (χ1) is 13.0. The van der Waals surface area contributed by atoms with E-state index in [4.69, 9.17) is 0 Å². The Labute approximate surface area is 179 Å². The summed E-state index contributed by atoms with van der Waals surface area (Å²) in [5.74, 6) is -0.615. The SMILES string of the molecule is CN=C(NCCc1ccc(F)cc1F)N1CCN(c2cnn(C)c2)C(=O)C1.I. The van der Waals surface area contributed by atoms with Crippen molar-refractivity contribution in [2.24, 2.45) is 12.0 Å². The van der Waals surface area contributed by atoms with Crippen LogP contribution in [0.3, 0.4) is 0 Å². The Kier molecular flexibility index (Phi) is 7.72. The Bertz CT molecular complexity index is 856. The second-order valence-electron chi connectivity index (χ2n) is 6.30. The van der Waals surface area contributed by atoms with Gasteiger partial charge in [0.2, 0.25) is 5.91 Å². The average Bonchev–Trinajstić information content (AvgIpc) is 3.06. The van der Waals surface area contributed by atoms with Gasteiger partial charge >= 0.3 is 0 Å². The third-order valence-corrected chi connectivity index (χ3v) is 4.43. The first-order valence-electron chi connectivity index (χ1n) is 8.66. The minimum atomic E-state index is -0.593. The first kappa shape index (κ1) is 22.1. The van der Waals surface area contributed by atoms with Crippen molar-refractivity contribution in [2.75, 3.05) is 38.1 Å². The summed E-state index contributed by atoms with van der Waals surface area (Å²) in [6.07, 6.45) is 3.85. The monoisotopic (exact) mass is 504 g/mol. The Morgan fingerprint density at radius 1 is 1.32 bits per heavy atom. The summed E-state index contributed by atoms with van der Waals surface area (Å²) in [5, 5.41) is 7.23. The number of piperazine rings is 1. The molecule has 28 heavy (non-hydrogen) atoms. The molecular formula is C18H23F2IN6O. The van der Waals surface area contributed by atoms with E-state index in [2.05, 4.69) is 15.4 Å². The van der Waals surface area contributed by atoms with Crippen LogP contribution in [0.1, 0.15) is 5.56 Å². The fourth-order valence-electron chi connectivity index (χ4n) is 3.04. The summed E-state index contributed by atoms with van der Waals surface area (Å²) < 4.78 is 28.3. The molecule has 0 saturated carbocycles. The number of aromatic nitrogens is 2. The standard InChI is InChI=1S/C18H22F2N6O.HI/c1-21-18(22-6-5-13-3-4-14(19)9-16(13)20)25-7-8-26(17(27)12-25)15-10-23-24(2)11-15;/h3-4,9-11H,5-8,12H2,1-2H3,(H,21,22);1H. The molecule has 10 heteroatoms. The van der Waals surface area contributed by atoms with Crippen LogP contribution < -0.4 is 10.2 Å². The molecule has 2 heterocycles. The highest BCUT2D eigenvalue weighted by Crippen LogP contribution is 2.16. The summed E-state index contributed by atoms with van der Waals surface area (Å²) in [6, 6.07) is 3.55. The van der Waals surface area contributed by atoms with Crippen LogP contribution in [0.25, 0.3) is 0 Å². The van der Waals surface area contributed by atoms with Crippen molar-refractivity contribution in [2.45, 2.75) is 6.42 Å². The lowest BCUT2D eigenvalue weighted by Crippen LogP contribution is -2.55. The molecule has 7 nitrogen and oxygen atoms in total. The van der Waals surface area contributed by atoms with Gasteiger partial charge in [-0.1, -0.05) is 6.07 Å². The Hall–Kier alpha value is -2.24. The fraction of sp³-hybridized carbons (Fsp3) is 0.389. The zero-order valence-corrected chi connectivity index (χ0v) is 18.1. The molecule has 2 aromatic rings. The highest BCUT2D eigenvalue weighted by Gasteiger charge is 2.27. The maximum absolute atomic E-state index is 13.7. The summed E-state index contributed by atoms with van der Waals surface area (Å²) in [5.41, 5.74) is 1.20. The highest BCUT2D eigenvalue weighted by molar-refractivity contribution is 14.0. The van der Waals surface area contributed by atoms with Crippen LogP contribution in [0.5, 0.6) is 0 Å². The predicted molar refractivity (Wildman–Crippen MR) is 114 cm³/mol. The number of amides is 1. The molecule has 1 fully saturated rings. The number of nitrogens with one attached hydrogen (secondary N) is 1. The molecule has 1 amide bonds. The van der Waals surface area contributed by atoms with E-state index in [1.807, 2.05) is 4.90 Å². The normalized spacial score (nSPS) is 14.9. The number of carbonyl (C=O) groups is 1. The van der Waals surface area contributed by atoms with Crippen molar-refractivity contribution >= 4 is 41.5 Å². The van der Waals surface area contributed by atoms with Gasteiger partial charge < -0.3 is 15.1 Å². The Morgan fingerprint density at radius 3 is 2.71 bits per heavy atom. The number of aryl methyl sites for hydroxylation is 1. The van der Waals surface area contributed by atoms with Gasteiger partial charge in [0.25, 0.3) is 0 Å². The summed E-state index contributed by atoms with van der Waals surface area (Å²) in [6.45, 7) is 1.76. The number of anilines is 1. The van der Waals surface area contributed by atoms with E-state index in [0.717, 1.165) is 11.8 Å². The smallest absolute Gasteiger partial charge is 0.246 e. The number of rotatable bonds is 4. The van der Waals surface area contributed by atoms with Crippen LogP contribution >= 0.6 is 24.0 Å².